The molecule has 1 aromatic rings. The summed E-state index contributed by atoms with van der Waals surface area (Å²) in [5.41, 5.74) is -0.668. The summed E-state index contributed by atoms with van der Waals surface area (Å²) < 4.78 is 38.4. The molecule has 1 N–H and O–H groups in total. The van der Waals surface area contributed by atoms with Gasteiger partial charge >= 0.3 is 13.1 Å². The first-order valence-corrected chi connectivity index (χ1v) is 16.2. The number of halogens is 1. The lowest BCUT2D eigenvalue weighted by Gasteiger charge is -2.62. The molecule has 0 aromatic heterocycles. The fourth-order valence-corrected chi connectivity index (χ4v) is 9.60. The van der Waals surface area contributed by atoms with E-state index in [1.54, 1.807) is 13.2 Å². The van der Waals surface area contributed by atoms with Gasteiger partial charge in [-0.3, -0.25) is 4.79 Å². The van der Waals surface area contributed by atoms with Crippen molar-refractivity contribution in [3.8, 4) is 5.75 Å². The Kier molecular flexibility index (Phi) is 8.23. The van der Waals surface area contributed by atoms with Crippen molar-refractivity contribution in [1.29, 1.82) is 0 Å². The lowest BCUT2D eigenvalue weighted by Crippen LogP contribution is -2.63. The molecule has 3 aliphatic carbocycles. The van der Waals surface area contributed by atoms with Crippen LogP contribution in [-0.2, 0) is 30.3 Å². The molecule has 2 aliphatic heterocycles. The van der Waals surface area contributed by atoms with E-state index >= 15 is 4.39 Å². The molecule has 0 amide bonds. The van der Waals surface area contributed by atoms with Gasteiger partial charge < -0.3 is 28.8 Å². The van der Waals surface area contributed by atoms with Crippen molar-refractivity contribution >= 4 is 24.3 Å². The Morgan fingerprint density at radius 2 is 1.95 bits per heavy atom. The number of ether oxygens (including phenoxy) is 3. The lowest BCUT2D eigenvalue weighted by atomic mass is 9.43. The molecule has 4 fully saturated rings. The zero-order valence-corrected chi connectivity index (χ0v) is 26.3. The van der Waals surface area contributed by atoms with Crippen molar-refractivity contribution in [2.45, 2.75) is 91.5 Å². The lowest BCUT2D eigenvalue weighted by molar-refractivity contribution is -0.208. The van der Waals surface area contributed by atoms with Gasteiger partial charge in [0, 0.05) is 35.2 Å². The summed E-state index contributed by atoms with van der Waals surface area (Å²) in [4.78, 5) is 30.5. The molecule has 8 nitrogen and oxygen atoms in total. The summed E-state index contributed by atoms with van der Waals surface area (Å²) in [6.45, 7) is 11.4. The molecule has 6 rings (SSSR count). The minimum Gasteiger partial charge on any atom is -0.479 e. The van der Waals surface area contributed by atoms with Crippen LogP contribution in [0.25, 0.3) is 0 Å². The van der Waals surface area contributed by atoms with Crippen molar-refractivity contribution in [3.05, 3.63) is 23.5 Å². The predicted molar refractivity (Wildman–Crippen MR) is 159 cm³/mol. The molecule has 0 unspecified atom stereocenters. The first-order chi connectivity index (χ1) is 20.4. The van der Waals surface area contributed by atoms with Crippen LogP contribution < -0.4 is 10.2 Å². The number of nitrogens with zero attached hydrogens (tertiary/aromatic N) is 1. The minimum absolute atomic E-state index is 0.0138. The zero-order valence-electron chi connectivity index (χ0n) is 26.3. The van der Waals surface area contributed by atoms with Crippen molar-refractivity contribution in [2.75, 3.05) is 33.4 Å². The van der Waals surface area contributed by atoms with Crippen molar-refractivity contribution < 1.29 is 37.9 Å². The number of hydrogen-bond donors (Lipinski definition) is 1. The van der Waals surface area contributed by atoms with Crippen LogP contribution in [0.15, 0.2) is 12.1 Å². The molecule has 0 spiro atoms. The fourth-order valence-electron chi connectivity index (χ4n) is 9.60. The molecule has 10 heteroatoms. The number of esters is 1. The van der Waals surface area contributed by atoms with E-state index in [1.165, 1.54) is 12.5 Å². The highest BCUT2D eigenvalue weighted by Gasteiger charge is 2.68. The van der Waals surface area contributed by atoms with Crippen molar-refractivity contribution in [3.63, 3.8) is 0 Å². The van der Waals surface area contributed by atoms with Crippen LogP contribution in [0.1, 0.15) is 78.2 Å². The van der Waals surface area contributed by atoms with Gasteiger partial charge in [-0.1, -0.05) is 33.8 Å². The smallest absolute Gasteiger partial charge is 0.479 e. The second kappa shape index (κ2) is 11.4. The number of hydrogen-bond acceptors (Lipinski definition) is 8. The molecule has 8 atom stereocenters. The van der Waals surface area contributed by atoms with Crippen LogP contribution in [0.3, 0.4) is 0 Å². The molecule has 1 saturated heterocycles. The van der Waals surface area contributed by atoms with Crippen LogP contribution in [0.2, 0.25) is 0 Å². The number of likely N-dealkylation sites (tertiary alicyclic amines) is 1. The van der Waals surface area contributed by atoms with E-state index in [4.69, 9.17) is 18.9 Å². The Morgan fingerprint density at radius 1 is 1.21 bits per heavy atom. The summed E-state index contributed by atoms with van der Waals surface area (Å²) in [6, 6.07) is 3.09. The number of ketones is 1. The monoisotopic (exact) mass is 599 g/mol. The van der Waals surface area contributed by atoms with Gasteiger partial charge in [-0.15, -0.1) is 0 Å². The average molecular weight is 600 g/mol. The second-order valence-corrected chi connectivity index (χ2v) is 14.5. The van der Waals surface area contributed by atoms with E-state index in [-0.39, 0.29) is 52.9 Å². The number of methoxy groups -OCH3 is 1. The third kappa shape index (κ3) is 4.95. The number of rotatable bonds is 8. The SMILES string of the molecule is CO[C@@H]1CC[C@@]23CC[C@@H](C)[C@@](C)([C@H](OC(=O)COc4ccc5c(c4F)B(O)OC5)C[C@@](C)(CCN4CCC4)C(=O)[C@@H]2C)[C@@H]13. The molecular weight excluding hydrogens is 552 g/mol. The molecule has 5 aliphatic rings. The molecule has 0 radical (unpaired) electrons. The Hall–Kier alpha value is -2.01. The summed E-state index contributed by atoms with van der Waals surface area (Å²) in [5, 5.41) is 10.0. The number of Topliss-reactive ketones (excluding diaryl/α,β-unsaturated/α-hetero) is 1. The van der Waals surface area contributed by atoms with Gasteiger partial charge in [0.25, 0.3) is 0 Å². The molecular formula is C33H47BFNO7. The first-order valence-electron chi connectivity index (χ1n) is 16.2. The van der Waals surface area contributed by atoms with Crippen LogP contribution in [0.5, 0.6) is 5.75 Å². The zero-order chi connectivity index (χ0) is 30.7. The molecule has 43 heavy (non-hydrogen) atoms. The number of benzene rings is 1. The van der Waals surface area contributed by atoms with E-state index in [2.05, 4.69) is 32.6 Å². The van der Waals surface area contributed by atoms with Gasteiger partial charge in [-0.05, 0) is 87.5 Å². The molecule has 1 aromatic carbocycles. The van der Waals surface area contributed by atoms with Gasteiger partial charge in [-0.25, -0.2) is 9.18 Å². The quantitative estimate of drug-likeness (QED) is 0.356. The Morgan fingerprint density at radius 3 is 2.65 bits per heavy atom. The Labute approximate surface area is 255 Å². The number of carbonyl (C=O) groups excluding carboxylic acids is 2. The average Bonchev–Trinajstić information content (AvgIpc) is 3.54. The third-order valence-corrected chi connectivity index (χ3v) is 12.6. The van der Waals surface area contributed by atoms with E-state index in [9.17, 15) is 14.6 Å². The largest absolute Gasteiger partial charge is 0.494 e. The minimum atomic E-state index is -1.36. The highest BCUT2D eigenvalue weighted by atomic mass is 19.1. The third-order valence-electron chi connectivity index (χ3n) is 12.6. The Balaban J connectivity index is 1.31. The van der Waals surface area contributed by atoms with Gasteiger partial charge in [0.05, 0.1) is 12.7 Å². The summed E-state index contributed by atoms with van der Waals surface area (Å²) in [5.74, 6) is -0.960. The molecule has 2 bridgehead atoms. The van der Waals surface area contributed by atoms with E-state index < -0.39 is 42.4 Å². The van der Waals surface area contributed by atoms with Crippen LogP contribution >= 0.6 is 0 Å². The molecule has 236 valence electrons. The molecule has 3 saturated carbocycles. The van der Waals surface area contributed by atoms with Gasteiger partial charge in [0.2, 0.25) is 0 Å². The van der Waals surface area contributed by atoms with E-state index in [0.717, 1.165) is 51.7 Å². The Bertz CT molecular complexity index is 1260. The van der Waals surface area contributed by atoms with E-state index in [0.29, 0.717) is 12.0 Å². The summed E-state index contributed by atoms with van der Waals surface area (Å²) in [7, 11) is 0.403. The normalized spacial score (nSPS) is 39.0. The van der Waals surface area contributed by atoms with Crippen molar-refractivity contribution in [2.24, 2.45) is 34.0 Å². The standard InChI is InChI=1S/C33H47BFNO7/c1-20-9-11-33-12-10-24(40-5)29(33)32(20,4)25(17-31(3,30(38)21(33)2)13-16-36-14-6-15-36)43-26(37)19-41-23-8-7-22-18-42-34(39)27(22)28(23)35/h7-8,20-21,24-25,29,39H,6,9-19H2,1-5H3/t20-,21+,24-,25-,29-,31-,32+,33+/m1/s1. The van der Waals surface area contributed by atoms with Crippen LogP contribution in [0.4, 0.5) is 4.39 Å². The maximum absolute atomic E-state index is 15.1. The fraction of sp³-hybridized carbons (Fsp3) is 0.758. The van der Waals surface area contributed by atoms with Crippen molar-refractivity contribution in [1.82, 2.24) is 4.90 Å². The van der Waals surface area contributed by atoms with Gasteiger partial charge in [-0.2, -0.15) is 0 Å². The van der Waals surface area contributed by atoms with Crippen LogP contribution in [-0.4, -0.2) is 74.4 Å². The topological polar surface area (TPSA) is 94.5 Å². The predicted octanol–water partition coefficient (Wildman–Crippen LogP) is 3.89. The maximum atomic E-state index is 15.1. The van der Waals surface area contributed by atoms with Gasteiger partial charge in [0.15, 0.2) is 18.2 Å². The number of carbonyl (C=O) groups is 2. The second-order valence-electron chi connectivity index (χ2n) is 14.5. The highest BCUT2D eigenvalue weighted by molar-refractivity contribution is 6.61. The molecule has 2 heterocycles. The summed E-state index contributed by atoms with van der Waals surface area (Å²) in [6.07, 6.45) is 5.57. The van der Waals surface area contributed by atoms with Gasteiger partial charge in [0.1, 0.15) is 11.9 Å². The highest BCUT2D eigenvalue weighted by Crippen LogP contribution is 2.69. The number of fused-ring (bicyclic) bond motifs is 1. The first kappa shape index (κ1) is 31.0. The summed E-state index contributed by atoms with van der Waals surface area (Å²) >= 11 is 0. The maximum Gasteiger partial charge on any atom is 0.494 e. The van der Waals surface area contributed by atoms with Crippen LogP contribution in [0, 0.1) is 39.8 Å². The van der Waals surface area contributed by atoms with E-state index in [1.807, 2.05) is 0 Å².